The average molecular weight is 276 g/mol. The van der Waals surface area contributed by atoms with Crippen molar-refractivity contribution in [2.24, 2.45) is 0 Å². The molecule has 0 spiro atoms. The van der Waals surface area contributed by atoms with Crippen molar-refractivity contribution >= 4 is 10.8 Å². The summed E-state index contributed by atoms with van der Waals surface area (Å²) in [6.07, 6.45) is 0. The molecule has 1 N–H and O–H groups in total. The first-order chi connectivity index (χ1) is 10.4. The van der Waals surface area contributed by atoms with E-state index in [2.05, 4.69) is 59.9 Å². The third kappa shape index (κ3) is 2.26. The van der Waals surface area contributed by atoms with Gasteiger partial charge in [-0.05, 0) is 16.8 Å². The molecular weight excluding hydrogens is 260 g/mol. The largest absolute Gasteiger partial charge is 0.476 e. The molecular formula is C18H16N2O. The molecule has 104 valence electrons. The van der Waals surface area contributed by atoms with Gasteiger partial charge in [-0.3, -0.25) is 0 Å². The van der Waals surface area contributed by atoms with Crippen LogP contribution >= 0.6 is 0 Å². The molecule has 3 aromatic rings. The lowest BCUT2D eigenvalue weighted by molar-refractivity contribution is 0.314. The highest BCUT2D eigenvalue weighted by Crippen LogP contribution is 2.30. The van der Waals surface area contributed by atoms with Gasteiger partial charge in [0.15, 0.2) is 0 Å². The van der Waals surface area contributed by atoms with Crippen LogP contribution in [0.4, 0.5) is 0 Å². The molecule has 1 aliphatic heterocycles. The maximum atomic E-state index is 5.75. The van der Waals surface area contributed by atoms with Crippen LogP contribution in [0.5, 0.6) is 5.88 Å². The van der Waals surface area contributed by atoms with E-state index in [1.165, 1.54) is 10.8 Å². The highest BCUT2D eigenvalue weighted by Gasteiger charge is 2.12. The summed E-state index contributed by atoms with van der Waals surface area (Å²) >= 11 is 0. The van der Waals surface area contributed by atoms with Crippen molar-refractivity contribution in [3.05, 3.63) is 60.2 Å². The van der Waals surface area contributed by atoms with Crippen LogP contribution in [0.1, 0.15) is 5.56 Å². The van der Waals surface area contributed by atoms with Gasteiger partial charge in [-0.15, -0.1) is 0 Å². The van der Waals surface area contributed by atoms with Gasteiger partial charge in [-0.1, -0.05) is 48.5 Å². The number of rotatable bonds is 1. The van der Waals surface area contributed by atoms with E-state index in [9.17, 15) is 0 Å². The molecule has 0 fully saturated rings. The molecule has 0 saturated heterocycles. The molecule has 0 atom stereocenters. The van der Waals surface area contributed by atoms with Gasteiger partial charge in [0.1, 0.15) is 6.61 Å². The van der Waals surface area contributed by atoms with Crippen LogP contribution in [-0.4, -0.2) is 18.1 Å². The highest BCUT2D eigenvalue weighted by atomic mass is 16.5. The molecule has 2 heterocycles. The van der Waals surface area contributed by atoms with Gasteiger partial charge in [0, 0.05) is 24.2 Å². The standard InChI is InChI=1S/C18H16N2O/c1-2-6-15-13(4-1)5-3-7-16(15)17-9-8-14-12-19-10-11-21-18(14)20-17/h1-9,19H,10-12H2. The number of hydrogen-bond acceptors (Lipinski definition) is 3. The maximum Gasteiger partial charge on any atom is 0.218 e. The summed E-state index contributed by atoms with van der Waals surface area (Å²) in [4.78, 5) is 4.73. The zero-order valence-corrected chi connectivity index (χ0v) is 11.7. The summed E-state index contributed by atoms with van der Waals surface area (Å²) in [5.41, 5.74) is 3.24. The smallest absolute Gasteiger partial charge is 0.218 e. The van der Waals surface area contributed by atoms with Crippen LogP contribution in [0.2, 0.25) is 0 Å². The molecule has 1 aromatic heterocycles. The van der Waals surface area contributed by atoms with Crippen LogP contribution in [0.25, 0.3) is 22.0 Å². The van der Waals surface area contributed by atoms with Crippen molar-refractivity contribution in [2.45, 2.75) is 6.54 Å². The van der Waals surface area contributed by atoms with E-state index in [0.29, 0.717) is 6.61 Å². The van der Waals surface area contributed by atoms with Gasteiger partial charge in [0.2, 0.25) is 5.88 Å². The predicted octanol–water partition coefficient (Wildman–Crippen LogP) is 3.38. The lowest BCUT2D eigenvalue weighted by Gasteiger charge is -2.10. The molecule has 4 rings (SSSR count). The number of benzene rings is 2. The molecule has 1 aliphatic rings. The summed E-state index contributed by atoms with van der Waals surface area (Å²) < 4.78 is 5.75. The Hall–Kier alpha value is -2.39. The van der Waals surface area contributed by atoms with Crippen molar-refractivity contribution < 1.29 is 4.74 Å². The van der Waals surface area contributed by atoms with Crippen LogP contribution < -0.4 is 10.1 Å². The van der Waals surface area contributed by atoms with Gasteiger partial charge in [0.25, 0.3) is 0 Å². The molecule has 0 amide bonds. The Bertz CT molecular complexity index is 793. The fourth-order valence-corrected chi connectivity index (χ4v) is 2.77. The summed E-state index contributed by atoms with van der Waals surface area (Å²) in [6, 6.07) is 18.9. The van der Waals surface area contributed by atoms with Gasteiger partial charge >= 0.3 is 0 Å². The molecule has 2 aromatic carbocycles. The molecule has 0 radical (unpaired) electrons. The van der Waals surface area contributed by atoms with Crippen molar-refractivity contribution in [1.29, 1.82) is 0 Å². The van der Waals surface area contributed by atoms with E-state index in [1.54, 1.807) is 0 Å². The van der Waals surface area contributed by atoms with E-state index in [-0.39, 0.29) is 0 Å². The van der Waals surface area contributed by atoms with E-state index < -0.39 is 0 Å². The summed E-state index contributed by atoms with van der Waals surface area (Å²) in [5.74, 6) is 0.755. The Morgan fingerprint density at radius 2 is 1.86 bits per heavy atom. The highest BCUT2D eigenvalue weighted by molar-refractivity contribution is 5.95. The number of nitrogens with one attached hydrogen (secondary N) is 1. The van der Waals surface area contributed by atoms with E-state index in [1.807, 2.05) is 0 Å². The van der Waals surface area contributed by atoms with Crippen molar-refractivity contribution in [3.8, 4) is 17.1 Å². The van der Waals surface area contributed by atoms with Gasteiger partial charge in [-0.25, -0.2) is 4.98 Å². The Morgan fingerprint density at radius 1 is 0.952 bits per heavy atom. The zero-order valence-electron chi connectivity index (χ0n) is 11.7. The molecule has 3 heteroatoms. The molecule has 0 unspecified atom stereocenters. The zero-order chi connectivity index (χ0) is 14.1. The lowest BCUT2D eigenvalue weighted by atomic mass is 10.0. The molecule has 3 nitrogen and oxygen atoms in total. The fourth-order valence-electron chi connectivity index (χ4n) is 2.77. The van der Waals surface area contributed by atoms with Crippen LogP contribution in [-0.2, 0) is 6.54 Å². The topological polar surface area (TPSA) is 34.1 Å². The molecule has 0 bridgehead atoms. The quantitative estimate of drug-likeness (QED) is 0.740. The second kappa shape index (κ2) is 5.19. The number of fused-ring (bicyclic) bond motifs is 2. The minimum absolute atomic E-state index is 0.666. The monoisotopic (exact) mass is 276 g/mol. The molecule has 21 heavy (non-hydrogen) atoms. The van der Waals surface area contributed by atoms with Crippen molar-refractivity contribution in [1.82, 2.24) is 10.3 Å². The van der Waals surface area contributed by atoms with Crippen molar-refractivity contribution in [2.75, 3.05) is 13.2 Å². The summed E-state index contributed by atoms with van der Waals surface area (Å²) in [6.45, 7) is 2.34. The van der Waals surface area contributed by atoms with E-state index >= 15 is 0 Å². The maximum absolute atomic E-state index is 5.75. The minimum Gasteiger partial charge on any atom is -0.476 e. The first-order valence-electron chi connectivity index (χ1n) is 7.23. The van der Waals surface area contributed by atoms with Gasteiger partial charge < -0.3 is 10.1 Å². The second-order valence-corrected chi connectivity index (χ2v) is 5.21. The Morgan fingerprint density at radius 3 is 2.86 bits per heavy atom. The Kier molecular flexibility index (Phi) is 3.05. The SMILES string of the molecule is c1ccc2c(-c3ccc4c(n3)OCCNC4)cccc2c1. The summed E-state index contributed by atoms with van der Waals surface area (Å²) in [5, 5.41) is 5.78. The first kappa shape index (κ1) is 12.4. The Labute approximate surface area is 123 Å². The van der Waals surface area contributed by atoms with E-state index in [0.717, 1.165) is 35.8 Å². The Balaban J connectivity index is 1.87. The number of ether oxygens (including phenoxy) is 1. The normalized spacial score (nSPS) is 14.3. The average Bonchev–Trinajstić information content (AvgIpc) is 2.79. The number of pyridine rings is 1. The molecule has 0 saturated carbocycles. The van der Waals surface area contributed by atoms with Crippen molar-refractivity contribution in [3.63, 3.8) is 0 Å². The number of hydrogen-bond donors (Lipinski definition) is 1. The second-order valence-electron chi connectivity index (χ2n) is 5.21. The van der Waals surface area contributed by atoms with Crippen LogP contribution in [0, 0.1) is 0 Å². The predicted molar refractivity (Wildman–Crippen MR) is 84.4 cm³/mol. The fraction of sp³-hybridized carbons (Fsp3) is 0.167. The van der Waals surface area contributed by atoms with Crippen LogP contribution in [0.3, 0.4) is 0 Å². The van der Waals surface area contributed by atoms with E-state index in [4.69, 9.17) is 9.72 Å². The van der Waals surface area contributed by atoms with Crippen LogP contribution in [0.15, 0.2) is 54.6 Å². The third-order valence-corrected chi connectivity index (χ3v) is 3.84. The number of nitrogens with zero attached hydrogens (tertiary/aromatic N) is 1. The lowest BCUT2D eigenvalue weighted by Crippen LogP contribution is -2.16. The molecule has 0 aliphatic carbocycles. The first-order valence-corrected chi connectivity index (χ1v) is 7.23. The third-order valence-electron chi connectivity index (χ3n) is 3.84. The minimum atomic E-state index is 0.666. The summed E-state index contributed by atoms with van der Waals surface area (Å²) in [7, 11) is 0. The van der Waals surface area contributed by atoms with Gasteiger partial charge in [-0.2, -0.15) is 0 Å². The van der Waals surface area contributed by atoms with Gasteiger partial charge in [0.05, 0.1) is 5.69 Å². The number of aromatic nitrogens is 1.